The number of carbonyl (C=O) groups excluding carboxylic acids is 3. The Hall–Kier alpha value is -1.47. The second-order valence-electron chi connectivity index (χ2n) is 12.0. The third kappa shape index (κ3) is 14.1. The molecule has 0 saturated heterocycles. The average Bonchev–Trinajstić information content (AvgIpc) is 3.18. The van der Waals surface area contributed by atoms with Crippen LogP contribution in [0.4, 0.5) is 0 Å². The Labute approximate surface area is 233 Å². The van der Waals surface area contributed by atoms with Crippen molar-refractivity contribution in [2.45, 2.75) is 154 Å². The molecule has 1 aliphatic carbocycles. The Bertz CT molecular complexity index is 728. The van der Waals surface area contributed by atoms with Gasteiger partial charge in [0.1, 0.15) is 17.8 Å². The van der Waals surface area contributed by atoms with Gasteiger partial charge in [0.25, 0.3) is 0 Å². The molecule has 0 radical (unpaired) electrons. The summed E-state index contributed by atoms with van der Waals surface area (Å²) in [4.78, 5) is 36.6. The molecular weight excluding hydrogens is 496 g/mol. The highest BCUT2D eigenvalue weighted by Crippen LogP contribution is 2.42. The van der Waals surface area contributed by atoms with E-state index in [4.69, 9.17) is 13.9 Å². The van der Waals surface area contributed by atoms with Crippen molar-refractivity contribution in [3.05, 3.63) is 12.2 Å². The molecular formula is C31H56O6Si. The van der Waals surface area contributed by atoms with Crippen molar-refractivity contribution in [2.75, 3.05) is 7.11 Å². The van der Waals surface area contributed by atoms with Crippen LogP contribution in [0.15, 0.2) is 12.2 Å². The molecule has 0 aromatic carbocycles. The van der Waals surface area contributed by atoms with Crippen LogP contribution in [0.5, 0.6) is 0 Å². The maximum Gasteiger partial charge on any atom is 0.316 e. The van der Waals surface area contributed by atoms with E-state index in [1.54, 1.807) is 6.08 Å². The number of methoxy groups -OCH3 is 1. The Kier molecular flexibility index (Phi) is 17.0. The summed E-state index contributed by atoms with van der Waals surface area (Å²) in [5, 5.41) is 0. The minimum absolute atomic E-state index is 0.00834. The van der Waals surface area contributed by atoms with Crippen LogP contribution in [0.3, 0.4) is 0 Å². The maximum absolute atomic E-state index is 12.9. The molecule has 0 aliphatic heterocycles. The third-order valence-corrected chi connectivity index (χ3v) is 8.24. The number of carbonyl (C=O) groups is 3. The van der Waals surface area contributed by atoms with Gasteiger partial charge in [0.05, 0.1) is 19.1 Å². The molecule has 6 nitrogen and oxygen atoms in total. The van der Waals surface area contributed by atoms with Crippen molar-refractivity contribution in [1.82, 2.24) is 0 Å². The predicted octanol–water partition coefficient (Wildman–Crippen LogP) is 8.09. The second kappa shape index (κ2) is 18.7. The molecule has 0 amide bonds. The number of ketones is 1. The number of unbranched alkanes of at least 4 members (excludes halogenated alkanes) is 13. The van der Waals surface area contributed by atoms with Crippen LogP contribution in [0, 0.1) is 5.92 Å². The lowest BCUT2D eigenvalue weighted by Crippen LogP contribution is -2.51. The van der Waals surface area contributed by atoms with Crippen LogP contribution in [0.25, 0.3) is 0 Å². The zero-order valence-electron chi connectivity index (χ0n) is 25.3. The molecule has 0 aromatic rings. The molecule has 1 rings (SSSR count). The van der Waals surface area contributed by atoms with Crippen LogP contribution >= 0.6 is 0 Å². The predicted molar refractivity (Wildman–Crippen MR) is 157 cm³/mol. The first-order chi connectivity index (χ1) is 18.0. The zero-order valence-corrected chi connectivity index (χ0v) is 26.3. The number of Topliss-reactive ketones (excluding diaryl/α,β-unsaturated/α-hetero) is 1. The normalized spacial score (nSPS) is 21.0. The van der Waals surface area contributed by atoms with E-state index in [0.29, 0.717) is 6.42 Å². The fourth-order valence-electron chi connectivity index (χ4n) is 5.36. The van der Waals surface area contributed by atoms with Crippen LogP contribution in [-0.4, -0.2) is 44.9 Å². The summed E-state index contributed by atoms with van der Waals surface area (Å²) in [5.41, 5.74) is -0.833. The number of esters is 2. The van der Waals surface area contributed by atoms with Crippen molar-refractivity contribution in [1.29, 1.82) is 0 Å². The van der Waals surface area contributed by atoms with E-state index in [0.717, 1.165) is 12.8 Å². The minimum Gasteiger partial charge on any atom is -0.469 e. The van der Waals surface area contributed by atoms with Gasteiger partial charge in [-0.1, -0.05) is 103 Å². The van der Waals surface area contributed by atoms with Gasteiger partial charge in [-0.2, -0.15) is 0 Å². The largest absolute Gasteiger partial charge is 0.469 e. The van der Waals surface area contributed by atoms with E-state index >= 15 is 0 Å². The van der Waals surface area contributed by atoms with E-state index in [9.17, 15) is 14.4 Å². The zero-order chi connectivity index (χ0) is 28.4. The summed E-state index contributed by atoms with van der Waals surface area (Å²) in [6.45, 7) is 10.0. The van der Waals surface area contributed by atoms with Crippen molar-refractivity contribution in [2.24, 2.45) is 5.92 Å². The van der Waals surface area contributed by atoms with Gasteiger partial charge < -0.3 is 18.7 Å². The van der Waals surface area contributed by atoms with Gasteiger partial charge in [-0.3, -0.25) is 9.59 Å². The van der Waals surface area contributed by atoms with E-state index in [1.807, 2.05) is 6.08 Å². The quantitative estimate of drug-likeness (QED) is 0.0584. The lowest BCUT2D eigenvalue weighted by Gasteiger charge is -2.40. The van der Waals surface area contributed by atoms with Crippen LogP contribution in [0.1, 0.15) is 123 Å². The molecule has 0 spiro atoms. The van der Waals surface area contributed by atoms with Gasteiger partial charge in [0.2, 0.25) is 0 Å². The highest BCUT2D eigenvalue weighted by atomic mass is 28.4. The molecule has 3 atom stereocenters. The first-order valence-electron chi connectivity index (χ1n) is 15.2. The van der Waals surface area contributed by atoms with Crippen molar-refractivity contribution < 1.29 is 28.3 Å². The topological polar surface area (TPSA) is 78.9 Å². The number of hydrogen-bond acceptors (Lipinski definition) is 6. The smallest absolute Gasteiger partial charge is 0.316 e. The Balaban J connectivity index is 2.54. The monoisotopic (exact) mass is 552 g/mol. The van der Waals surface area contributed by atoms with Crippen LogP contribution in [-0.2, 0) is 28.3 Å². The molecule has 0 saturated carbocycles. The molecule has 0 unspecified atom stereocenters. The number of hydrogen-bond donors (Lipinski definition) is 0. The molecule has 220 valence electrons. The fraction of sp³-hybridized carbons (Fsp3) is 0.839. The number of ether oxygens (including phenoxy) is 2. The first kappa shape index (κ1) is 34.6. The summed E-state index contributed by atoms with van der Waals surface area (Å²) in [6.07, 6.45) is 21.8. The molecule has 0 bridgehead atoms. The molecule has 0 heterocycles. The molecule has 38 heavy (non-hydrogen) atoms. The highest BCUT2D eigenvalue weighted by molar-refractivity contribution is 6.69. The van der Waals surface area contributed by atoms with Gasteiger partial charge in [0, 0.05) is 6.42 Å². The van der Waals surface area contributed by atoms with E-state index < -0.39 is 37.9 Å². The standard InChI is InChI=1S/C31H56O6Si/c1-7-8-9-10-11-12-13-14-15-16-17-18-19-20-24-31(37-38(4,5)6)25-23-27(29(31)30(34)35-3)36-28(33)22-21-26(2)32/h23,25,27,29H,7-22,24H2,1-6H3/t27-,29+,31+/m1/s1. The highest BCUT2D eigenvalue weighted by Gasteiger charge is 2.53. The summed E-state index contributed by atoms with van der Waals surface area (Å²) in [5.74, 6) is -1.71. The fourth-order valence-corrected chi connectivity index (χ4v) is 6.80. The summed E-state index contributed by atoms with van der Waals surface area (Å²) >= 11 is 0. The van der Waals surface area contributed by atoms with E-state index in [1.165, 1.54) is 91.1 Å². The lowest BCUT2D eigenvalue weighted by molar-refractivity contribution is -0.164. The Morgan fingerprint density at radius 2 is 1.29 bits per heavy atom. The molecule has 0 fully saturated rings. The Morgan fingerprint density at radius 3 is 1.74 bits per heavy atom. The van der Waals surface area contributed by atoms with E-state index in [-0.39, 0.29) is 18.6 Å². The summed E-state index contributed by atoms with van der Waals surface area (Å²) in [6, 6.07) is 0. The summed E-state index contributed by atoms with van der Waals surface area (Å²) < 4.78 is 17.4. The average molecular weight is 553 g/mol. The SMILES string of the molecule is CCCCCCCCCCCCCCCC[C@]1(O[Si](C)(C)C)C=C[C@@H](OC(=O)CCC(C)=O)[C@H]1C(=O)OC. The second-order valence-corrected chi connectivity index (χ2v) is 16.5. The van der Waals surface area contributed by atoms with Crippen molar-refractivity contribution in [3.8, 4) is 0 Å². The van der Waals surface area contributed by atoms with Crippen molar-refractivity contribution in [3.63, 3.8) is 0 Å². The minimum atomic E-state index is -2.05. The number of rotatable bonds is 22. The van der Waals surface area contributed by atoms with Gasteiger partial charge in [0.15, 0.2) is 8.32 Å². The molecule has 1 aliphatic rings. The van der Waals surface area contributed by atoms with Gasteiger partial charge in [-0.05, 0) is 39.1 Å². The Morgan fingerprint density at radius 1 is 0.789 bits per heavy atom. The summed E-state index contributed by atoms with van der Waals surface area (Å²) in [7, 11) is -0.684. The molecule has 0 aromatic heterocycles. The molecule has 0 N–H and O–H groups in total. The maximum atomic E-state index is 12.9. The van der Waals surface area contributed by atoms with Gasteiger partial charge in [-0.25, -0.2) is 0 Å². The third-order valence-electron chi connectivity index (χ3n) is 7.24. The van der Waals surface area contributed by atoms with Crippen LogP contribution in [0.2, 0.25) is 19.6 Å². The van der Waals surface area contributed by atoms with Crippen molar-refractivity contribution >= 4 is 26.0 Å². The first-order valence-corrected chi connectivity index (χ1v) is 18.6. The molecule has 7 heteroatoms. The van der Waals surface area contributed by atoms with Gasteiger partial charge >= 0.3 is 11.9 Å². The van der Waals surface area contributed by atoms with Crippen LogP contribution < -0.4 is 0 Å². The van der Waals surface area contributed by atoms with E-state index in [2.05, 4.69) is 26.6 Å². The van der Waals surface area contributed by atoms with Gasteiger partial charge in [-0.15, -0.1) is 0 Å². The lowest BCUT2D eigenvalue weighted by atomic mass is 9.84.